The largest absolute Gasteiger partial charge is 0.443 e. The van der Waals surface area contributed by atoms with Crippen molar-refractivity contribution >= 4 is 0 Å². The number of oxazole rings is 1. The molecule has 18 heavy (non-hydrogen) atoms. The van der Waals surface area contributed by atoms with Gasteiger partial charge in [-0.2, -0.15) is 5.10 Å². The van der Waals surface area contributed by atoms with Crippen molar-refractivity contribution in [3.63, 3.8) is 0 Å². The Hall–Kier alpha value is -1.62. The van der Waals surface area contributed by atoms with E-state index in [1.54, 1.807) is 17.1 Å². The second-order valence-corrected chi connectivity index (χ2v) is 5.39. The van der Waals surface area contributed by atoms with Crippen molar-refractivity contribution in [1.82, 2.24) is 14.8 Å². The minimum absolute atomic E-state index is 0.0303. The van der Waals surface area contributed by atoms with E-state index in [1.165, 1.54) is 0 Å². The molecule has 0 spiro atoms. The van der Waals surface area contributed by atoms with Crippen molar-refractivity contribution in [3.8, 4) is 0 Å². The molecule has 0 saturated carbocycles. The van der Waals surface area contributed by atoms with Crippen LogP contribution in [-0.2, 0) is 18.4 Å². The van der Waals surface area contributed by atoms with Gasteiger partial charge in [-0.25, -0.2) is 4.98 Å². The predicted octanol–water partition coefficient (Wildman–Crippen LogP) is 1.75. The maximum atomic E-state index is 8.84. The van der Waals surface area contributed by atoms with Crippen molar-refractivity contribution in [2.75, 3.05) is 6.61 Å². The third-order valence-corrected chi connectivity index (χ3v) is 2.68. The van der Waals surface area contributed by atoms with Crippen LogP contribution in [0.25, 0.3) is 0 Å². The Morgan fingerprint density at radius 3 is 2.72 bits per heavy atom. The zero-order valence-electron chi connectivity index (χ0n) is 11.1. The highest BCUT2D eigenvalue weighted by molar-refractivity contribution is 5.07. The molecule has 0 radical (unpaired) electrons. The maximum Gasteiger partial charge on any atom is 0.216 e. The van der Waals surface area contributed by atoms with Crippen LogP contribution in [-0.4, -0.2) is 26.5 Å². The Morgan fingerprint density at radius 1 is 1.33 bits per heavy atom. The summed E-state index contributed by atoms with van der Waals surface area (Å²) in [5.41, 5.74) is 0.984. The fraction of sp³-hybridized carbons (Fsp3) is 0.538. The van der Waals surface area contributed by atoms with Crippen LogP contribution < -0.4 is 0 Å². The standard InChI is InChI=1S/C13H19N3O2/c1-13(2,3)11-7-14-12(18-11)9-16-8-10(4-5-17)6-15-16/h6-8,17H,4-5,9H2,1-3H3. The molecule has 0 amide bonds. The van der Waals surface area contributed by atoms with Crippen molar-refractivity contribution < 1.29 is 9.52 Å². The average molecular weight is 249 g/mol. The molecule has 0 aromatic carbocycles. The van der Waals surface area contributed by atoms with Gasteiger partial charge in [-0.1, -0.05) is 20.8 Å². The smallest absolute Gasteiger partial charge is 0.216 e. The van der Waals surface area contributed by atoms with E-state index in [0.29, 0.717) is 18.9 Å². The SMILES string of the molecule is CC(C)(C)c1cnc(Cn2cc(CCO)cn2)o1. The lowest BCUT2D eigenvalue weighted by Gasteiger charge is -2.13. The van der Waals surface area contributed by atoms with Crippen LogP contribution in [0.3, 0.4) is 0 Å². The normalized spacial score (nSPS) is 12.0. The second kappa shape index (κ2) is 4.94. The Kier molecular flexibility index (Phi) is 3.52. The number of hydrogen-bond donors (Lipinski definition) is 1. The number of aromatic nitrogens is 3. The Bertz CT molecular complexity index is 508. The molecule has 1 N–H and O–H groups in total. The molecule has 2 heterocycles. The van der Waals surface area contributed by atoms with Gasteiger partial charge in [-0.15, -0.1) is 0 Å². The van der Waals surface area contributed by atoms with Gasteiger partial charge in [0.2, 0.25) is 5.89 Å². The minimum Gasteiger partial charge on any atom is -0.443 e. The first-order chi connectivity index (χ1) is 8.49. The molecule has 0 aliphatic heterocycles. The molecule has 2 rings (SSSR count). The van der Waals surface area contributed by atoms with E-state index >= 15 is 0 Å². The monoisotopic (exact) mass is 249 g/mol. The molecule has 0 bridgehead atoms. The molecule has 0 saturated heterocycles. The lowest BCUT2D eigenvalue weighted by molar-refractivity contribution is 0.299. The summed E-state index contributed by atoms with van der Waals surface area (Å²) < 4.78 is 7.47. The third kappa shape index (κ3) is 2.98. The number of nitrogens with zero attached hydrogens (tertiary/aromatic N) is 3. The van der Waals surface area contributed by atoms with Crippen LogP contribution in [0.1, 0.15) is 38.0 Å². The van der Waals surface area contributed by atoms with Crippen molar-refractivity contribution in [2.24, 2.45) is 0 Å². The molecule has 0 atom stereocenters. The quantitative estimate of drug-likeness (QED) is 0.896. The topological polar surface area (TPSA) is 64.1 Å². The number of aliphatic hydroxyl groups excluding tert-OH is 1. The van der Waals surface area contributed by atoms with E-state index in [1.807, 2.05) is 6.20 Å². The number of rotatable bonds is 4. The minimum atomic E-state index is -0.0303. The molecule has 2 aromatic heterocycles. The van der Waals surface area contributed by atoms with E-state index in [9.17, 15) is 0 Å². The summed E-state index contributed by atoms with van der Waals surface area (Å²) in [5, 5.41) is 13.1. The summed E-state index contributed by atoms with van der Waals surface area (Å²) in [7, 11) is 0. The fourth-order valence-electron chi connectivity index (χ4n) is 1.62. The van der Waals surface area contributed by atoms with Crippen LogP contribution in [0, 0.1) is 0 Å². The van der Waals surface area contributed by atoms with Gasteiger partial charge in [0, 0.05) is 18.2 Å². The Balaban J connectivity index is 2.06. The average Bonchev–Trinajstić information content (AvgIpc) is 2.88. The van der Waals surface area contributed by atoms with Gasteiger partial charge >= 0.3 is 0 Å². The summed E-state index contributed by atoms with van der Waals surface area (Å²) in [5.74, 6) is 1.53. The summed E-state index contributed by atoms with van der Waals surface area (Å²) in [6.45, 7) is 6.92. The van der Waals surface area contributed by atoms with Crippen molar-refractivity contribution in [1.29, 1.82) is 0 Å². The molecule has 0 fully saturated rings. The molecular formula is C13H19N3O2. The van der Waals surface area contributed by atoms with Gasteiger partial charge in [0.25, 0.3) is 0 Å². The van der Waals surface area contributed by atoms with Crippen molar-refractivity contribution in [2.45, 2.75) is 39.2 Å². The van der Waals surface area contributed by atoms with Crippen molar-refractivity contribution in [3.05, 3.63) is 35.8 Å². The van der Waals surface area contributed by atoms with Gasteiger partial charge in [-0.3, -0.25) is 4.68 Å². The maximum absolute atomic E-state index is 8.84. The number of aliphatic hydroxyl groups is 1. The number of hydrogen-bond acceptors (Lipinski definition) is 4. The Morgan fingerprint density at radius 2 is 2.11 bits per heavy atom. The van der Waals surface area contributed by atoms with Crippen LogP contribution in [0.15, 0.2) is 23.0 Å². The summed E-state index contributed by atoms with van der Waals surface area (Å²) >= 11 is 0. The molecule has 0 aliphatic carbocycles. The molecule has 2 aromatic rings. The molecule has 98 valence electrons. The Labute approximate surface area is 106 Å². The highest BCUT2D eigenvalue weighted by Gasteiger charge is 2.19. The fourth-order valence-corrected chi connectivity index (χ4v) is 1.62. The molecule has 5 heteroatoms. The van der Waals surface area contributed by atoms with Gasteiger partial charge in [-0.05, 0) is 12.0 Å². The molecule has 0 aliphatic rings. The van der Waals surface area contributed by atoms with E-state index in [-0.39, 0.29) is 12.0 Å². The summed E-state index contributed by atoms with van der Waals surface area (Å²) in [6, 6.07) is 0. The van der Waals surface area contributed by atoms with Crippen LogP contribution in [0.2, 0.25) is 0 Å². The lowest BCUT2D eigenvalue weighted by Crippen LogP contribution is -2.09. The van der Waals surface area contributed by atoms with Gasteiger partial charge in [0.15, 0.2) is 0 Å². The van der Waals surface area contributed by atoms with Crippen LogP contribution >= 0.6 is 0 Å². The zero-order valence-corrected chi connectivity index (χ0v) is 11.1. The molecule has 0 unspecified atom stereocenters. The molecule has 5 nitrogen and oxygen atoms in total. The first-order valence-electron chi connectivity index (χ1n) is 6.06. The zero-order chi connectivity index (χ0) is 13.2. The van der Waals surface area contributed by atoms with E-state index in [4.69, 9.17) is 9.52 Å². The first-order valence-corrected chi connectivity index (χ1v) is 6.06. The van der Waals surface area contributed by atoms with Gasteiger partial charge < -0.3 is 9.52 Å². The molecular weight excluding hydrogens is 230 g/mol. The second-order valence-electron chi connectivity index (χ2n) is 5.39. The van der Waals surface area contributed by atoms with E-state index in [2.05, 4.69) is 30.9 Å². The highest BCUT2D eigenvalue weighted by atomic mass is 16.4. The van der Waals surface area contributed by atoms with Gasteiger partial charge in [0.1, 0.15) is 12.3 Å². The lowest BCUT2D eigenvalue weighted by atomic mass is 9.94. The first kappa shape index (κ1) is 12.8. The van der Waals surface area contributed by atoms with E-state index < -0.39 is 0 Å². The highest BCUT2D eigenvalue weighted by Crippen LogP contribution is 2.22. The third-order valence-electron chi connectivity index (χ3n) is 2.68. The van der Waals surface area contributed by atoms with Gasteiger partial charge in [0.05, 0.1) is 12.4 Å². The van der Waals surface area contributed by atoms with E-state index in [0.717, 1.165) is 11.3 Å². The summed E-state index contributed by atoms with van der Waals surface area (Å²) in [6.07, 6.45) is 6.05. The predicted molar refractivity (Wildman–Crippen MR) is 67.3 cm³/mol. The summed E-state index contributed by atoms with van der Waals surface area (Å²) in [4.78, 5) is 4.26. The van der Waals surface area contributed by atoms with Crippen LogP contribution in [0.5, 0.6) is 0 Å². The van der Waals surface area contributed by atoms with Crippen LogP contribution in [0.4, 0.5) is 0 Å².